The van der Waals surface area contributed by atoms with Gasteiger partial charge in [-0.25, -0.2) is 10.9 Å². The van der Waals surface area contributed by atoms with E-state index in [4.69, 9.17) is 9.15 Å². The van der Waals surface area contributed by atoms with E-state index in [1.165, 1.54) is 12.8 Å². The Hall–Kier alpha value is -2.31. The summed E-state index contributed by atoms with van der Waals surface area (Å²) in [4.78, 5) is 15.5. The van der Waals surface area contributed by atoms with Crippen molar-refractivity contribution in [1.29, 1.82) is 0 Å². The number of aryl methyl sites for hydroxylation is 1. The number of methoxy groups -OCH3 is 1. The molecule has 0 bridgehead atoms. The molecule has 0 radical (unpaired) electrons. The normalized spacial score (nSPS) is 22.5. The molecule has 1 saturated heterocycles. The number of carbonyl (C=O) groups is 1. The van der Waals surface area contributed by atoms with Gasteiger partial charge in [0.2, 0.25) is 5.91 Å². The van der Waals surface area contributed by atoms with Crippen LogP contribution in [0.1, 0.15) is 55.2 Å². The molecule has 2 heterocycles. The number of hydrogen-bond donors (Lipinski definition) is 2. The maximum Gasteiger partial charge on any atom is 0.241 e. The second-order valence-electron chi connectivity index (χ2n) is 7.79. The second-order valence-corrected chi connectivity index (χ2v) is 7.79. The molecule has 2 unspecified atom stereocenters. The number of rotatable bonds is 6. The summed E-state index contributed by atoms with van der Waals surface area (Å²) in [6, 6.07) is 11.9. The van der Waals surface area contributed by atoms with Crippen molar-refractivity contribution < 1.29 is 13.9 Å². The fourth-order valence-electron chi connectivity index (χ4n) is 4.37. The van der Waals surface area contributed by atoms with E-state index in [2.05, 4.69) is 15.8 Å². The van der Waals surface area contributed by atoms with Crippen molar-refractivity contribution in [2.75, 3.05) is 7.11 Å². The Balaban J connectivity index is 1.50. The molecule has 6 heteroatoms. The molecule has 28 heavy (non-hydrogen) atoms. The lowest BCUT2D eigenvalue weighted by Crippen LogP contribution is -2.48. The maximum atomic E-state index is 13.5. The van der Waals surface area contributed by atoms with Gasteiger partial charge in [-0.05, 0) is 44.4 Å². The first-order chi connectivity index (χ1) is 13.7. The van der Waals surface area contributed by atoms with Gasteiger partial charge in [0.05, 0.1) is 13.2 Å². The standard InChI is InChI=1S/C22H29N3O3/c1-15-11-12-21(28-15)18-13-19(24-23-18)22(26)25(17-8-4-5-9-17)14-16-7-3-6-10-20(16)27-2/h3,6-7,10-12,17-19,23-24H,4-5,8-9,13-14H2,1-2H3. The summed E-state index contributed by atoms with van der Waals surface area (Å²) in [6.45, 7) is 2.51. The molecule has 1 saturated carbocycles. The smallest absolute Gasteiger partial charge is 0.241 e. The molecule has 1 aliphatic heterocycles. The van der Waals surface area contributed by atoms with Gasteiger partial charge in [-0.1, -0.05) is 31.0 Å². The molecule has 1 aromatic carbocycles. The topological polar surface area (TPSA) is 66.7 Å². The molecule has 2 aromatic rings. The molecular weight excluding hydrogens is 354 g/mol. The molecule has 150 valence electrons. The zero-order valence-electron chi connectivity index (χ0n) is 16.6. The maximum absolute atomic E-state index is 13.5. The van der Waals surface area contributed by atoms with E-state index >= 15 is 0 Å². The quantitative estimate of drug-likeness (QED) is 0.799. The average molecular weight is 383 g/mol. The molecule has 1 amide bonds. The first-order valence-electron chi connectivity index (χ1n) is 10.2. The van der Waals surface area contributed by atoms with Gasteiger partial charge in [-0.15, -0.1) is 0 Å². The van der Waals surface area contributed by atoms with Crippen molar-refractivity contribution in [2.24, 2.45) is 0 Å². The minimum atomic E-state index is -0.259. The fraction of sp³-hybridized carbons (Fsp3) is 0.500. The van der Waals surface area contributed by atoms with Crippen molar-refractivity contribution >= 4 is 5.91 Å². The number of carbonyl (C=O) groups excluding carboxylic acids is 1. The minimum Gasteiger partial charge on any atom is -0.496 e. The number of benzene rings is 1. The molecule has 6 nitrogen and oxygen atoms in total. The summed E-state index contributed by atoms with van der Waals surface area (Å²) in [5, 5.41) is 0. The van der Waals surface area contributed by atoms with Crippen LogP contribution >= 0.6 is 0 Å². The van der Waals surface area contributed by atoms with Gasteiger partial charge >= 0.3 is 0 Å². The molecule has 2 aliphatic rings. The van der Waals surface area contributed by atoms with Gasteiger partial charge < -0.3 is 14.1 Å². The third kappa shape index (κ3) is 3.93. The Labute approximate surface area is 166 Å². The lowest BCUT2D eigenvalue weighted by atomic mass is 10.0. The van der Waals surface area contributed by atoms with Crippen molar-refractivity contribution in [3.63, 3.8) is 0 Å². The molecule has 4 rings (SSSR count). The summed E-state index contributed by atoms with van der Waals surface area (Å²) >= 11 is 0. The van der Waals surface area contributed by atoms with E-state index < -0.39 is 0 Å². The fourth-order valence-corrected chi connectivity index (χ4v) is 4.37. The van der Waals surface area contributed by atoms with Gasteiger partial charge in [0.25, 0.3) is 0 Å². The molecule has 1 aliphatic carbocycles. The van der Waals surface area contributed by atoms with E-state index in [9.17, 15) is 4.79 Å². The zero-order chi connectivity index (χ0) is 19.5. The highest BCUT2D eigenvalue weighted by atomic mass is 16.5. The van der Waals surface area contributed by atoms with Crippen LogP contribution in [0.2, 0.25) is 0 Å². The zero-order valence-corrected chi connectivity index (χ0v) is 16.6. The summed E-state index contributed by atoms with van der Waals surface area (Å²) in [5.41, 5.74) is 7.48. The number of para-hydroxylation sites is 1. The predicted octanol–water partition coefficient (Wildman–Crippen LogP) is 3.48. The lowest BCUT2D eigenvalue weighted by molar-refractivity contribution is -0.136. The molecule has 1 aromatic heterocycles. The summed E-state index contributed by atoms with van der Waals surface area (Å²) < 4.78 is 11.3. The SMILES string of the molecule is COc1ccccc1CN(C(=O)C1CC(c2ccc(C)o2)NN1)C1CCCC1. The molecule has 2 N–H and O–H groups in total. The van der Waals surface area contributed by atoms with Gasteiger partial charge in [-0.2, -0.15) is 0 Å². The Morgan fingerprint density at radius 2 is 1.96 bits per heavy atom. The van der Waals surface area contributed by atoms with Crippen molar-refractivity contribution in [3.8, 4) is 5.75 Å². The van der Waals surface area contributed by atoms with Crippen LogP contribution in [0, 0.1) is 6.92 Å². The number of nitrogens with one attached hydrogen (secondary N) is 2. The monoisotopic (exact) mass is 383 g/mol. The Morgan fingerprint density at radius 3 is 2.68 bits per heavy atom. The number of amides is 1. The van der Waals surface area contributed by atoms with E-state index in [1.807, 2.05) is 43.3 Å². The van der Waals surface area contributed by atoms with Crippen LogP contribution in [0.5, 0.6) is 5.75 Å². The number of hydrogen-bond acceptors (Lipinski definition) is 5. The van der Waals surface area contributed by atoms with Crippen LogP contribution in [0.3, 0.4) is 0 Å². The van der Waals surface area contributed by atoms with Crippen LogP contribution in [0.4, 0.5) is 0 Å². The third-order valence-electron chi connectivity index (χ3n) is 5.89. The van der Waals surface area contributed by atoms with Crippen LogP contribution in [0.15, 0.2) is 40.8 Å². The van der Waals surface area contributed by atoms with Gasteiger partial charge in [0.15, 0.2) is 0 Å². The first kappa shape index (κ1) is 19.0. The second kappa shape index (κ2) is 8.37. The van der Waals surface area contributed by atoms with E-state index in [0.29, 0.717) is 19.0 Å². The minimum absolute atomic E-state index is 0.0133. The molecular formula is C22H29N3O3. The molecule has 2 atom stereocenters. The van der Waals surface area contributed by atoms with Crippen molar-refractivity contribution in [2.45, 2.75) is 63.7 Å². The largest absolute Gasteiger partial charge is 0.496 e. The highest BCUT2D eigenvalue weighted by molar-refractivity contribution is 5.82. The Bertz CT molecular complexity index is 813. The van der Waals surface area contributed by atoms with E-state index in [1.54, 1.807) is 7.11 Å². The van der Waals surface area contributed by atoms with Crippen LogP contribution < -0.4 is 15.6 Å². The summed E-state index contributed by atoms with van der Waals surface area (Å²) in [5.74, 6) is 2.74. The van der Waals surface area contributed by atoms with Crippen LogP contribution in [-0.4, -0.2) is 30.0 Å². The Kier molecular flexibility index (Phi) is 5.69. The summed E-state index contributed by atoms with van der Waals surface area (Å²) in [6.07, 6.45) is 5.20. The van der Waals surface area contributed by atoms with Crippen LogP contribution in [-0.2, 0) is 11.3 Å². The number of nitrogens with zero attached hydrogens (tertiary/aromatic N) is 1. The summed E-state index contributed by atoms with van der Waals surface area (Å²) in [7, 11) is 1.68. The van der Waals surface area contributed by atoms with Gasteiger partial charge in [-0.3, -0.25) is 4.79 Å². The average Bonchev–Trinajstić information content (AvgIpc) is 3.47. The van der Waals surface area contributed by atoms with Crippen LogP contribution in [0.25, 0.3) is 0 Å². The predicted molar refractivity (Wildman–Crippen MR) is 107 cm³/mol. The van der Waals surface area contributed by atoms with E-state index in [-0.39, 0.29) is 18.0 Å². The lowest BCUT2D eigenvalue weighted by Gasteiger charge is -2.31. The molecule has 0 spiro atoms. The Morgan fingerprint density at radius 1 is 1.18 bits per heavy atom. The van der Waals surface area contributed by atoms with E-state index in [0.717, 1.165) is 35.7 Å². The highest BCUT2D eigenvalue weighted by Crippen LogP contribution is 2.30. The van der Waals surface area contributed by atoms with Gasteiger partial charge in [0, 0.05) is 18.2 Å². The van der Waals surface area contributed by atoms with Crippen molar-refractivity contribution in [3.05, 3.63) is 53.5 Å². The van der Waals surface area contributed by atoms with Crippen molar-refractivity contribution in [1.82, 2.24) is 15.8 Å². The molecule has 2 fully saturated rings. The number of furan rings is 1. The third-order valence-corrected chi connectivity index (χ3v) is 5.89. The number of ether oxygens (including phenoxy) is 1. The highest BCUT2D eigenvalue weighted by Gasteiger charge is 2.37. The number of hydrazine groups is 1. The van der Waals surface area contributed by atoms with Gasteiger partial charge in [0.1, 0.15) is 23.3 Å². The first-order valence-corrected chi connectivity index (χ1v) is 10.2.